The molecule has 8 rings (SSSR count). The van der Waals surface area contributed by atoms with Crippen LogP contribution in [0, 0.1) is 12.3 Å². The number of aromatic nitrogens is 2. The number of nitrogens with one attached hydrogen (secondary N) is 4. The summed E-state index contributed by atoms with van der Waals surface area (Å²) in [5, 5.41) is 18.0. The minimum atomic E-state index is -0.668. The zero-order chi connectivity index (χ0) is 34.2. The van der Waals surface area contributed by atoms with Gasteiger partial charge in [0.2, 0.25) is 5.91 Å². The van der Waals surface area contributed by atoms with Crippen LogP contribution in [0.4, 0.5) is 15.3 Å². The first kappa shape index (κ1) is 33.0. The number of anilines is 1. The largest absolute Gasteiger partial charge is 0.340 e. The molecular weight excluding hydrogens is 630 g/mol. The highest BCUT2D eigenvalue weighted by Crippen LogP contribution is 2.41. The number of nitrogens with zero attached hydrogens (tertiary/aromatic N) is 5. The topological polar surface area (TPSA) is 129 Å². The normalized spacial score (nSPS) is 22.5. The van der Waals surface area contributed by atoms with Crippen molar-refractivity contribution in [3.63, 3.8) is 0 Å². The van der Waals surface area contributed by atoms with Crippen LogP contribution in [0.3, 0.4) is 0 Å². The highest BCUT2D eigenvalue weighted by molar-refractivity contribution is 5.92. The maximum absolute atomic E-state index is 14.4. The Morgan fingerprint density at radius 2 is 1.72 bits per heavy atom. The number of aromatic amines is 1. The molecule has 266 valence electrons. The molecule has 4 N–H and O–H groups in total. The van der Waals surface area contributed by atoms with Crippen LogP contribution in [0.1, 0.15) is 61.6 Å². The van der Waals surface area contributed by atoms with E-state index in [0.717, 1.165) is 91.8 Å². The van der Waals surface area contributed by atoms with E-state index in [9.17, 15) is 14.4 Å². The van der Waals surface area contributed by atoms with Crippen molar-refractivity contribution in [1.29, 1.82) is 0 Å². The van der Waals surface area contributed by atoms with Gasteiger partial charge in [0.25, 0.3) is 0 Å². The van der Waals surface area contributed by atoms with Gasteiger partial charge in [-0.05, 0) is 112 Å². The lowest BCUT2D eigenvalue weighted by atomic mass is 9.77. The van der Waals surface area contributed by atoms with Gasteiger partial charge in [-0.1, -0.05) is 24.3 Å². The third-order valence-corrected chi connectivity index (χ3v) is 12.3. The van der Waals surface area contributed by atoms with E-state index >= 15 is 0 Å². The van der Waals surface area contributed by atoms with Crippen molar-refractivity contribution in [1.82, 2.24) is 40.4 Å². The maximum Gasteiger partial charge on any atom is 0.322 e. The quantitative estimate of drug-likeness (QED) is 0.311. The van der Waals surface area contributed by atoms with Crippen LogP contribution in [0.5, 0.6) is 0 Å². The predicted octanol–water partition coefficient (Wildman–Crippen LogP) is 4.07. The van der Waals surface area contributed by atoms with Crippen molar-refractivity contribution in [3.8, 4) is 0 Å². The van der Waals surface area contributed by atoms with Gasteiger partial charge < -0.3 is 35.6 Å². The molecule has 0 saturated carbocycles. The van der Waals surface area contributed by atoms with E-state index in [1.54, 1.807) is 0 Å². The van der Waals surface area contributed by atoms with Crippen LogP contribution in [-0.2, 0) is 17.8 Å². The fourth-order valence-electron chi connectivity index (χ4n) is 9.29. The van der Waals surface area contributed by atoms with Crippen molar-refractivity contribution in [3.05, 3.63) is 59.3 Å². The monoisotopic (exact) mass is 681 g/mol. The minimum Gasteiger partial charge on any atom is -0.340 e. The maximum atomic E-state index is 14.4. The molecule has 0 unspecified atom stereocenters. The molecule has 12 nitrogen and oxygen atoms in total. The summed E-state index contributed by atoms with van der Waals surface area (Å²) < 4.78 is 0. The molecule has 5 aliphatic heterocycles. The molecule has 50 heavy (non-hydrogen) atoms. The molecule has 1 atom stereocenters. The summed E-state index contributed by atoms with van der Waals surface area (Å²) in [5.74, 6) is 0.0134. The first-order valence-electron chi connectivity index (χ1n) is 18.7. The number of rotatable bonds is 6. The lowest BCUT2D eigenvalue weighted by molar-refractivity contribution is -0.132. The number of hydrogen-bond acceptors (Lipinski definition) is 6. The Balaban J connectivity index is 0.928. The molecule has 12 heteroatoms. The molecule has 5 amide bonds. The highest BCUT2D eigenvalue weighted by Gasteiger charge is 2.44. The molecule has 1 spiro atoms. The number of carbonyl (C=O) groups excluding carboxylic acids is 3. The van der Waals surface area contributed by atoms with Gasteiger partial charge in [-0.2, -0.15) is 5.10 Å². The number of likely N-dealkylation sites (tertiary alicyclic amines) is 3. The second-order valence-electron chi connectivity index (χ2n) is 15.4. The fourth-order valence-corrected chi connectivity index (χ4v) is 9.29. The van der Waals surface area contributed by atoms with Crippen LogP contribution in [0.25, 0.3) is 10.9 Å². The second-order valence-corrected chi connectivity index (χ2v) is 15.4. The number of benzene rings is 2. The summed E-state index contributed by atoms with van der Waals surface area (Å²) >= 11 is 0. The van der Waals surface area contributed by atoms with Gasteiger partial charge in [-0.3, -0.25) is 9.89 Å². The van der Waals surface area contributed by atoms with Crippen LogP contribution in [-0.4, -0.2) is 118 Å². The molecule has 4 fully saturated rings. The number of fused-ring (bicyclic) bond motifs is 2. The zero-order valence-electron chi connectivity index (χ0n) is 29.3. The molecule has 0 radical (unpaired) electrons. The van der Waals surface area contributed by atoms with Crippen LogP contribution >= 0.6 is 0 Å². The van der Waals surface area contributed by atoms with E-state index in [1.807, 2.05) is 52.1 Å². The summed E-state index contributed by atoms with van der Waals surface area (Å²) in [6, 6.07) is 11.9. The van der Waals surface area contributed by atoms with Crippen LogP contribution in [0.2, 0.25) is 0 Å². The van der Waals surface area contributed by atoms with Crippen molar-refractivity contribution in [2.24, 2.45) is 5.41 Å². The van der Waals surface area contributed by atoms with Gasteiger partial charge in [-0.15, -0.1) is 0 Å². The van der Waals surface area contributed by atoms with Crippen LogP contribution < -0.4 is 16.0 Å². The summed E-state index contributed by atoms with van der Waals surface area (Å²) in [6.07, 6.45) is 9.36. The Bertz CT molecular complexity index is 1720. The summed E-state index contributed by atoms with van der Waals surface area (Å²) in [5.41, 5.74) is 5.22. The molecule has 4 saturated heterocycles. The number of carbonyl (C=O) groups is 3. The van der Waals surface area contributed by atoms with Crippen molar-refractivity contribution in [2.45, 2.75) is 83.0 Å². The third kappa shape index (κ3) is 6.67. The van der Waals surface area contributed by atoms with Crippen molar-refractivity contribution >= 4 is 34.6 Å². The van der Waals surface area contributed by atoms with Crippen LogP contribution in [0.15, 0.2) is 42.6 Å². The number of aryl methyl sites for hydroxylation is 1. The smallest absolute Gasteiger partial charge is 0.322 e. The predicted molar refractivity (Wildman–Crippen MR) is 193 cm³/mol. The molecule has 0 aliphatic carbocycles. The minimum absolute atomic E-state index is 0.0134. The Labute approximate surface area is 294 Å². The third-order valence-electron chi connectivity index (χ3n) is 12.3. The van der Waals surface area contributed by atoms with Gasteiger partial charge >= 0.3 is 12.1 Å². The standard InChI is InChI=1S/C38H51N9O3/c1-26-20-27(21-29-23-40-43-34(26)29)22-33(35(48)46-19-12-38(25-46)10-17-44(18-11-38)30-6-13-39-14-7-30)42-36(49)45-15-8-31(9-16-45)47-24-28-4-2-3-5-32(28)41-37(47)50/h2-5,20-21,23,30-31,33,39H,6-19,22,24-25H2,1H3,(H,40,43)(H,41,50)(H,42,49)/t33-/m1/s1. The number of urea groups is 2. The molecule has 6 heterocycles. The molecule has 2 aromatic carbocycles. The van der Waals surface area contributed by atoms with Gasteiger partial charge in [0.05, 0.1) is 11.7 Å². The number of hydrogen-bond donors (Lipinski definition) is 4. The van der Waals surface area contributed by atoms with E-state index in [-0.39, 0.29) is 29.4 Å². The number of para-hydroxylation sites is 1. The first-order valence-corrected chi connectivity index (χ1v) is 18.7. The number of H-pyrrole nitrogens is 1. The Hall–Kier alpha value is -4.16. The van der Waals surface area contributed by atoms with Gasteiger partial charge in [-0.25, -0.2) is 9.59 Å². The Morgan fingerprint density at radius 1 is 0.960 bits per heavy atom. The molecule has 1 aromatic heterocycles. The lowest BCUT2D eigenvalue weighted by Crippen LogP contribution is -2.56. The Morgan fingerprint density at radius 3 is 2.52 bits per heavy atom. The second kappa shape index (κ2) is 13.9. The number of amides is 5. The SMILES string of the molecule is Cc1cc(C[C@@H](NC(=O)N2CCC(N3Cc4ccccc4NC3=O)CC2)C(=O)N2CCC3(CCN(C4CCNCC4)CC3)C2)cc2cn[nH]c12. The van der Waals surface area contributed by atoms with Crippen molar-refractivity contribution in [2.75, 3.05) is 57.7 Å². The number of piperidine rings is 3. The van der Waals surface area contributed by atoms with E-state index in [1.165, 1.54) is 12.8 Å². The summed E-state index contributed by atoms with van der Waals surface area (Å²) in [7, 11) is 0. The first-order chi connectivity index (χ1) is 24.3. The van der Waals surface area contributed by atoms with E-state index in [4.69, 9.17) is 0 Å². The average molecular weight is 682 g/mol. The highest BCUT2D eigenvalue weighted by atomic mass is 16.2. The summed E-state index contributed by atoms with van der Waals surface area (Å²) in [6.45, 7) is 9.63. The molecule has 0 bridgehead atoms. The summed E-state index contributed by atoms with van der Waals surface area (Å²) in [4.78, 5) is 49.7. The molecular formula is C38H51N9O3. The van der Waals surface area contributed by atoms with E-state index in [2.05, 4.69) is 43.2 Å². The average Bonchev–Trinajstić information content (AvgIpc) is 3.79. The Kier molecular flexibility index (Phi) is 9.15. The van der Waals surface area contributed by atoms with E-state index in [0.29, 0.717) is 44.9 Å². The molecule has 5 aliphatic rings. The van der Waals surface area contributed by atoms with Gasteiger partial charge in [0, 0.05) is 62.3 Å². The fraction of sp³-hybridized carbons (Fsp3) is 0.579. The van der Waals surface area contributed by atoms with E-state index < -0.39 is 6.04 Å². The zero-order valence-corrected chi connectivity index (χ0v) is 29.3. The van der Waals surface area contributed by atoms with Crippen molar-refractivity contribution < 1.29 is 14.4 Å². The van der Waals surface area contributed by atoms with Gasteiger partial charge in [0.15, 0.2) is 0 Å². The molecule has 3 aromatic rings. The lowest BCUT2D eigenvalue weighted by Gasteiger charge is -2.44. The van der Waals surface area contributed by atoms with Gasteiger partial charge in [0.1, 0.15) is 6.04 Å².